The zero-order chi connectivity index (χ0) is 28.4. The summed E-state index contributed by atoms with van der Waals surface area (Å²) >= 11 is 0. The lowest BCUT2D eigenvalue weighted by atomic mass is 9.85. The Hall–Kier alpha value is -3.88. The largest absolute Gasteiger partial charge is 0.456 e. The van der Waals surface area contributed by atoms with E-state index in [0.717, 1.165) is 17.7 Å². The number of allylic oxidation sites excluding steroid dienone is 4. The number of ketones is 1. The number of nitrogens with zero attached hydrogens (tertiary/aromatic N) is 2. The Morgan fingerprint density at radius 1 is 0.732 bits per heavy atom. The van der Waals surface area contributed by atoms with Crippen LogP contribution in [0.25, 0.3) is 0 Å². The maximum atomic E-state index is 13.5. The summed E-state index contributed by atoms with van der Waals surface area (Å²) in [5, 5.41) is 0. The van der Waals surface area contributed by atoms with Crippen LogP contribution < -0.4 is 0 Å². The van der Waals surface area contributed by atoms with Crippen molar-refractivity contribution in [2.75, 3.05) is 13.2 Å². The highest BCUT2D eigenvalue weighted by atomic mass is 16.5. The number of carbonyl (C=O) groups excluding carboxylic acids is 6. The van der Waals surface area contributed by atoms with Gasteiger partial charge in [-0.15, -0.1) is 0 Å². The average Bonchev–Trinajstić information content (AvgIpc) is 3.83. The molecule has 2 heterocycles. The second-order valence-corrected chi connectivity index (χ2v) is 12.3. The third kappa shape index (κ3) is 4.03. The molecular weight excluding hydrogens is 524 g/mol. The number of hydrogen-bond acceptors (Lipinski definition) is 7. The molecule has 41 heavy (non-hydrogen) atoms. The van der Waals surface area contributed by atoms with Gasteiger partial charge in [0.2, 0.25) is 23.6 Å². The third-order valence-corrected chi connectivity index (χ3v) is 10.2. The second-order valence-electron chi connectivity index (χ2n) is 12.3. The molecule has 1 aromatic rings. The van der Waals surface area contributed by atoms with Crippen molar-refractivity contribution < 1.29 is 33.5 Å². The lowest BCUT2D eigenvalue weighted by Crippen LogP contribution is -2.47. The van der Waals surface area contributed by atoms with Crippen molar-refractivity contribution in [3.05, 3.63) is 60.2 Å². The zero-order valence-electron chi connectivity index (χ0n) is 22.6. The Morgan fingerprint density at radius 2 is 1.24 bits per heavy atom. The molecule has 0 radical (unpaired) electrons. The topological polar surface area (TPSA) is 118 Å². The maximum absolute atomic E-state index is 13.5. The number of rotatable bonds is 10. The lowest BCUT2D eigenvalue weighted by molar-refractivity contribution is -0.159. The predicted molar refractivity (Wildman–Crippen MR) is 143 cm³/mol. The van der Waals surface area contributed by atoms with Crippen molar-refractivity contribution in [2.24, 2.45) is 47.3 Å². The fourth-order valence-electron chi connectivity index (χ4n) is 8.32. The number of likely N-dealkylation sites (tertiary alicyclic amines) is 2. The number of Topliss-reactive ketones (excluding diaryl/α,β-unsaturated/α-hetero) is 1. The molecule has 1 aromatic carbocycles. The molecule has 0 unspecified atom stereocenters. The van der Waals surface area contributed by atoms with Crippen LogP contribution in [0.5, 0.6) is 0 Å². The maximum Gasteiger partial charge on any atom is 0.329 e. The van der Waals surface area contributed by atoms with Crippen LogP contribution in [0.1, 0.15) is 42.5 Å². The van der Waals surface area contributed by atoms with Gasteiger partial charge in [0.1, 0.15) is 6.04 Å². The van der Waals surface area contributed by atoms with E-state index < -0.39 is 30.5 Å². The fourth-order valence-corrected chi connectivity index (χ4v) is 8.32. The summed E-state index contributed by atoms with van der Waals surface area (Å²) in [6.07, 6.45) is 10.7. The van der Waals surface area contributed by atoms with Gasteiger partial charge >= 0.3 is 5.97 Å². The molecule has 4 aliphatic carbocycles. The molecule has 4 amide bonds. The zero-order valence-corrected chi connectivity index (χ0v) is 22.6. The predicted octanol–water partition coefficient (Wildman–Crippen LogP) is 2.57. The van der Waals surface area contributed by atoms with Gasteiger partial charge in [-0.05, 0) is 55.8 Å². The lowest BCUT2D eigenvalue weighted by Gasteiger charge is -2.26. The number of benzene rings is 1. The van der Waals surface area contributed by atoms with Gasteiger partial charge in [-0.1, -0.05) is 54.6 Å². The molecule has 9 atom stereocenters. The molecule has 9 nitrogen and oxygen atoms in total. The van der Waals surface area contributed by atoms with E-state index in [1.807, 2.05) is 12.2 Å². The summed E-state index contributed by atoms with van der Waals surface area (Å²) < 4.78 is 5.39. The first-order valence-electron chi connectivity index (χ1n) is 14.7. The number of unbranched alkanes of at least 4 members (excludes halogenated alkanes) is 1. The quantitative estimate of drug-likeness (QED) is 0.143. The van der Waals surface area contributed by atoms with E-state index in [1.54, 1.807) is 30.3 Å². The third-order valence-electron chi connectivity index (χ3n) is 10.2. The summed E-state index contributed by atoms with van der Waals surface area (Å²) in [7, 11) is 0. The van der Waals surface area contributed by atoms with Gasteiger partial charge in [-0.25, -0.2) is 4.79 Å². The van der Waals surface area contributed by atoms with Gasteiger partial charge in [0, 0.05) is 12.1 Å². The van der Waals surface area contributed by atoms with Gasteiger partial charge in [0.05, 0.1) is 23.7 Å². The Balaban J connectivity index is 1.02. The van der Waals surface area contributed by atoms with Crippen LogP contribution in [-0.4, -0.2) is 64.4 Å². The normalized spacial score (nSPS) is 34.6. The monoisotopic (exact) mass is 556 g/mol. The number of ether oxygens (including phenoxy) is 1. The molecule has 0 N–H and O–H groups in total. The Bertz CT molecular complexity index is 1340. The fraction of sp³-hybridized carbons (Fsp3) is 0.500. The van der Waals surface area contributed by atoms with E-state index in [-0.39, 0.29) is 77.9 Å². The average molecular weight is 557 g/mol. The summed E-state index contributed by atoms with van der Waals surface area (Å²) in [5.74, 6) is -3.26. The Kier molecular flexibility index (Phi) is 6.28. The summed E-state index contributed by atoms with van der Waals surface area (Å²) in [6, 6.07) is 7.30. The first-order chi connectivity index (χ1) is 19.8. The van der Waals surface area contributed by atoms with E-state index >= 15 is 0 Å². The van der Waals surface area contributed by atoms with Gasteiger partial charge in [0.25, 0.3) is 0 Å². The first-order valence-corrected chi connectivity index (χ1v) is 14.7. The Labute approximate surface area is 237 Å². The van der Waals surface area contributed by atoms with Crippen LogP contribution >= 0.6 is 0 Å². The van der Waals surface area contributed by atoms with Gasteiger partial charge < -0.3 is 4.74 Å². The molecule has 2 saturated heterocycles. The molecule has 212 valence electrons. The van der Waals surface area contributed by atoms with E-state index in [9.17, 15) is 28.8 Å². The first kappa shape index (κ1) is 26.0. The van der Waals surface area contributed by atoms with Gasteiger partial charge in [0.15, 0.2) is 12.4 Å². The standard InChI is InChI=1S/C32H32N2O7/c35-23(17-6-2-1-3-7-17)16-41-32(40)22(34-30(38)26-20-11-12-21(15-20)27(26)31(34)39)8-4-5-13-33-28(36)24-18-9-10-19(14-18)25(24)29(33)37/h1-3,6-7,9-12,18-22,24-27H,4-5,8,13-16H2/t18-,19-,20-,21-,22+,24-,25+,26-,27+/m0/s1. The van der Waals surface area contributed by atoms with Crippen LogP contribution in [0.2, 0.25) is 0 Å². The second kappa shape index (κ2) is 9.89. The van der Waals surface area contributed by atoms with E-state index in [0.29, 0.717) is 18.4 Å². The molecule has 0 spiro atoms. The molecular formula is C32H32N2O7. The summed E-state index contributed by atoms with van der Waals surface area (Å²) in [6.45, 7) is -0.259. The highest BCUT2D eigenvalue weighted by molar-refractivity contribution is 6.09. The van der Waals surface area contributed by atoms with Crippen molar-refractivity contribution in [3.63, 3.8) is 0 Å². The van der Waals surface area contributed by atoms with Crippen LogP contribution in [0, 0.1) is 47.3 Å². The molecule has 0 aromatic heterocycles. The number of imide groups is 2. The highest BCUT2D eigenvalue weighted by Gasteiger charge is 2.61. The molecule has 9 heteroatoms. The van der Waals surface area contributed by atoms with Crippen molar-refractivity contribution in [1.29, 1.82) is 0 Å². The van der Waals surface area contributed by atoms with Crippen LogP contribution in [0.4, 0.5) is 0 Å². The summed E-state index contributed by atoms with van der Waals surface area (Å²) in [4.78, 5) is 81.4. The van der Waals surface area contributed by atoms with Crippen molar-refractivity contribution in [1.82, 2.24) is 9.80 Å². The number of fused-ring (bicyclic) bond motifs is 10. The molecule has 6 aliphatic rings. The SMILES string of the molecule is O=C(COC(=O)[C@@H](CCCCN1C(=O)[C@@H]2[C@H](C1=O)[C@H]1C=C[C@H]2C1)N1C(=O)[C@@H]2[C@H](C1=O)[C@H]1C=C[C@H]2C1)c1ccccc1. The van der Waals surface area contributed by atoms with Crippen molar-refractivity contribution in [3.8, 4) is 0 Å². The number of carbonyl (C=O) groups is 6. The van der Waals surface area contributed by atoms with E-state index in [2.05, 4.69) is 12.2 Å². The highest BCUT2D eigenvalue weighted by Crippen LogP contribution is 2.54. The van der Waals surface area contributed by atoms with Gasteiger partial charge in [-0.3, -0.25) is 33.8 Å². The van der Waals surface area contributed by atoms with Crippen LogP contribution in [-0.2, 0) is 28.7 Å². The van der Waals surface area contributed by atoms with Crippen LogP contribution in [0.15, 0.2) is 54.6 Å². The van der Waals surface area contributed by atoms with E-state index in [1.165, 1.54) is 4.90 Å². The minimum Gasteiger partial charge on any atom is -0.456 e. The number of esters is 1. The molecule has 4 fully saturated rings. The van der Waals surface area contributed by atoms with Crippen molar-refractivity contribution >= 4 is 35.4 Å². The molecule has 2 saturated carbocycles. The number of hydrogen-bond donors (Lipinski definition) is 0. The Morgan fingerprint density at radius 3 is 1.78 bits per heavy atom. The minimum atomic E-state index is -1.16. The molecule has 7 rings (SSSR count). The number of amides is 4. The van der Waals surface area contributed by atoms with Crippen molar-refractivity contribution in [2.45, 2.75) is 38.1 Å². The molecule has 2 aliphatic heterocycles. The van der Waals surface area contributed by atoms with Gasteiger partial charge in [-0.2, -0.15) is 0 Å². The molecule has 4 bridgehead atoms. The summed E-state index contributed by atoms with van der Waals surface area (Å²) in [5.41, 5.74) is 0.399. The smallest absolute Gasteiger partial charge is 0.329 e. The minimum absolute atomic E-state index is 0.000736. The van der Waals surface area contributed by atoms with Crippen LogP contribution in [0.3, 0.4) is 0 Å². The van der Waals surface area contributed by atoms with E-state index in [4.69, 9.17) is 4.74 Å².